The van der Waals surface area contributed by atoms with Gasteiger partial charge in [0.1, 0.15) is 5.75 Å². The summed E-state index contributed by atoms with van der Waals surface area (Å²) in [6, 6.07) is 6.39. The van der Waals surface area contributed by atoms with Crippen molar-refractivity contribution in [2.45, 2.75) is 38.9 Å². The Morgan fingerprint density at radius 3 is 2.38 bits per heavy atom. The second-order valence-electron chi connectivity index (χ2n) is 6.72. The number of carbonyl (C=O) groups is 2. The summed E-state index contributed by atoms with van der Waals surface area (Å²) in [5.74, 6) is -1.94. The van der Waals surface area contributed by atoms with Crippen LogP contribution in [0.5, 0.6) is 5.75 Å². The summed E-state index contributed by atoms with van der Waals surface area (Å²) in [6.45, 7) is 4.84. The molecule has 1 aromatic carbocycles. The van der Waals surface area contributed by atoms with E-state index < -0.39 is 29.4 Å². The minimum Gasteiger partial charge on any atom is -0.494 e. The Hall–Kier alpha value is -2.25. The molecule has 1 aliphatic heterocycles. The number of hydrogen-bond acceptors (Lipinski definition) is 3. The largest absolute Gasteiger partial charge is 0.494 e. The molecule has 0 saturated carbocycles. The highest BCUT2D eigenvalue weighted by molar-refractivity contribution is 5.96. The fraction of sp³-hybridized carbons (Fsp3) is 0.556. The molecule has 2 rings (SSSR count). The molecule has 1 fully saturated rings. The van der Waals surface area contributed by atoms with Gasteiger partial charge >= 0.3 is 6.18 Å². The van der Waals surface area contributed by atoms with E-state index in [-0.39, 0.29) is 19.5 Å². The van der Waals surface area contributed by atoms with Crippen LogP contribution in [0.2, 0.25) is 0 Å². The van der Waals surface area contributed by atoms with Crippen LogP contribution >= 0.6 is 0 Å². The van der Waals surface area contributed by atoms with Crippen molar-refractivity contribution in [2.24, 2.45) is 5.92 Å². The Labute approximate surface area is 150 Å². The van der Waals surface area contributed by atoms with E-state index in [1.807, 2.05) is 6.92 Å². The van der Waals surface area contributed by atoms with Crippen molar-refractivity contribution in [3.8, 4) is 5.75 Å². The molecule has 1 saturated heterocycles. The molecule has 1 aromatic rings. The molecule has 26 heavy (non-hydrogen) atoms. The van der Waals surface area contributed by atoms with E-state index in [0.717, 1.165) is 0 Å². The highest BCUT2D eigenvalue weighted by atomic mass is 19.4. The van der Waals surface area contributed by atoms with Crippen LogP contribution in [-0.4, -0.2) is 48.1 Å². The van der Waals surface area contributed by atoms with Gasteiger partial charge in [0.05, 0.1) is 19.1 Å². The average Bonchev–Trinajstić information content (AvgIpc) is 2.88. The first-order valence-electron chi connectivity index (χ1n) is 8.45. The molecule has 0 bridgehead atoms. The maximum atomic E-state index is 13.1. The van der Waals surface area contributed by atoms with Crippen molar-refractivity contribution in [3.05, 3.63) is 29.8 Å². The lowest BCUT2D eigenvalue weighted by Crippen LogP contribution is -2.52. The average molecular weight is 372 g/mol. The summed E-state index contributed by atoms with van der Waals surface area (Å²) in [6.07, 6.45) is -4.49. The van der Waals surface area contributed by atoms with Gasteiger partial charge in [0.2, 0.25) is 5.91 Å². The quantitative estimate of drug-likeness (QED) is 0.864. The second-order valence-corrected chi connectivity index (χ2v) is 6.72. The Bertz CT molecular complexity index is 657. The summed E-state index contributed by atoms with van der Waals surface area (Å²) in [4.78, 5) is 25.6. The van der Waals surface area contributed by atoms with Gasteiger partial charge in [-0.05, 0) is 51.5 Å². The van der Waals surface area contributed by atoms with E-state index in [2.05, 4.69) is 5.32 Å². The molecule has 1 aliphatic rings. The minimum absolute atomic E-state index is 0.0228. The molecular formula is C18H23F3N2O3. The smallest absolute Gasteiger partial charge is 0.394 e. The highest BCUT2D eigenvalue weighted by Gasteiger charge is 2.56. The monoisotopic (exact) mass is 372 g/mol. The number of halogens is 3. The Kier molecular flexibility index (Phi) is 5.83. The first kappa shape index (κ1) is 20.1. The Morgan fingerprint density at radius 2 is 1.88 bits per heavy atom. The number of nitrogens with one attached hydrogen (secondary N) is 1. The van der Waals surface area contributed by atoms with Crippen LogP contribution in [0, 0.1) is 5.92 Å². The van der Waals surface area contributed by atoms with E-state index >= 15 is 0 Å². The van der Waals surface area contributed by atoms with Crippen molar-refractivity contribution < 1.29 is 27.5 Å². The minimum atomic E-state index is -4.36. The van der Waals surface area contributed by atoms with Crippen molar-refractivity contribution in [1.29, 1.82) is 0 Å². The predicted molar refractivity (Wildman–Crippen MR) is 89.9 cm³/mol. The maximum absolute atomic E-state index is 13.1. The Balaban J connectivity index is 1.95. The fourth-order valence-corrected chi connectivity index (χ4v) is 3.32. The molecule has 0 aliphatic carbocycles. The van der Waals surface area contributed by atoms with E-state index in [1.54, 1.807) is 24.3 Å². The van der Waals surface area contributed by atoms with Gasteiger partial charge in [0.25, 0.3) is 5.91 Å². The molecule has 1 heterocycles. The van der Waals surface area contributed by atoms with Crippen LogP contribution in [0.1, 0.15) is 37.6 Å². The molecule has 144 valence electrons. The molecule has 8 heteroatoms. The van der Waals surface area contributed by atoms with Gasteiger partial charge in [-0.3, -0.25) is 9.59 Å². The SMILES string of the molecule is CCOc1ccc(C(=O)NCC(=O)N2CC[C@H](C(F)(F)F)C2(C)C)cc1. The van der Waals surface area contributed by atoms with Crippen molar-refractivity contribution in [3.63, 3.8) is 0 Å². The van der Waals surface area contributed by atoms with E-state index in [1.165, 1.54) is 18.7 Å². The zero-order valence-electron chi connectivity index (χ0n) is 15.0. The number of ether oxygens (including phenoxy) is 1. The lowest BCUT2D eigenvalue weighted by atomic mass is 9.88. The summed E-state index contributed by atoms with van der Waals surface area (Å²) in [5.41, 5.74) is -0.991. The van der Waals surface area contributed by atoms with Crippen molar-refractivity contribution in [2.75, 3.05) is 19.7 Å². The van der Waals surface area contributed by atoms with E-state index in [0.29, 0.717) is 17.9 Å². The maximum Gasteiger partial charge on any atom is 0.394 e. The molecule has 0 aromatic heterocycles. The van der Waals surface area contributed by atoms with Crippen LogP contribution in [0.3, 0.4) is 0 Å². The first-order chi connectivity index (χ1) is 12.1. The summed E-state index contributed by atoms with van der Waals surface area (Å²) >= 11 is 0. The number of rotatable bonds is 5. The first-order valence-corrected chi connectivity index (χ1v) is 8.45. The summed E-state index contributed by atoms with van der Waals surface area (Å²) in [5, 5.41) is 2.47. The predicted octanol–water partition coefficient (Wildman–Crippen LogP) is 3.00. The number of likely N-dealkylation sites (tertiary alicyclic amines) is 1. The van der Waals surface area contributed by atoms with Crippen LogP contribution in [0.15, 0.2) is 24.3 Å². The van der Waals surface area contributed by atoms with Crippen LogP contribution in [0.25, 0.3) is 0 Å². The fourth-order valence-electron chi connectivity index (χ4n) is 3.32. The third-order valence-electron chi connectivity index (χ3n) is 4.71. The molecule has 0 radical (unpaired) electrons. The topological polar surface area (TPSA) is 58.6 Å². The standard InChI is InChI=1S/C18H23F3N2O3/c1-4-26-13-7-5-12(6-8-13)16(25)22-11-15(24)23-10-9-14(17(23,2)3)18(19,20)21/h5-8,14H,4,9-11H2,1-3H3,(H,22,25)/t14-/m0/s1. The van der Waals surface area contributed by atoms with Crippen molar-refractivity contribution >= 4 is 11.8 Å². The molecule has 5 nitrogen and oxygen atoms in total. The lowest BCUT2D eigenvalue weighted by molar-refractivity contribution is -0.192. The number of alkyl halides is 3. The second kappa shape index (κ2) is 7.55. The molecular weight excluding hydrogens is 349 g/mol. The highest BCUT2D eigenvalue weighted by Crippen LogP contribution is 2.44. The number of amides is 2. The van der Waals surface area contributed by atoms with Gasteiger partial charge in [-0.1, -0.05) is 0 Å². The lowest BCUT2D eigenvalue weighted by Gasteiger charge is -2.36. The number of benzene rings is 1. The van der Waals surface area contributed by atoms with Crippen LogP contribution < -0.4 is 10.1 Å². The van der Waals surface area contributed by atoms with E-state index in [4.69, 9.17) is 4.74 Å². The molecule has 1 N–H and O–H groups in total. The zero-order valence-corrected chi connectivity index (χ0v) is 15.0. The zero-order chi connectivity index (χ0) is 19.5. The molecule has 0 unspecified atom stereocenters. The summed E-state index contributed by atoms with van der Waals surface area (Å²) < 4.78 is 44.6. The van der Waals surface area contributed by atoms with Gasteiger partial charge in [-0.15, -0.1) is 0 Å². The van der Waals surface area contributed by atoms with Gasteiger partial charge in [0.15, 0.2) is 0 Å². The van der Waals surface area contributed by atoms with Crippen LogP contribution in [0.4, 0.5) is 13.2 Å². The van der Waals surface area contributed by atoms with Gasteiger partial charge in [-0.25, -0.2) is 0 Å². The molecule has 2 amide bonds. The third kappa shape index (κ3) is 4.28. The van der Waals surface area contributed by atoms with Gasteiger partial charge < -0.3 is 15.0 Å². The van der Waals surface area contributed by atoms with Crippen LogP contribution in [-0.2, 0) is 4.79 Å². The van der Waals surface area contributed by atoms with Gasteiger partial charge in [-0.2, -0.15) is 13.2 Å². The Morgan fingerprint density at radius 1 is 1.27 bits per heavy atom. The normalized spacial score (nSPS) is 19.3. The number of hydrogen-bond donors (Lipinski definition) is 1. The molecule has 0 spiro atoms. The van der Waals surface area contributed by atoms with E-state index in [9.17, 15) is 22.8 Å². The van der Waals surface area contributed by atoms with Crippen molar-refractivity contribution in [1.82, 2.24) is 10.2 Å². The molecule has 1 atom stereocenters. The summed E-state index contributed by atoms with van der Waals surface area (Å²) in [7, 11) is 0. The third-order valence-corrected chi connectivity index (χ3v) is 4.71. The number of nitrogens with zero attached hydrogens (tertiary/aromatic N) is 1. The number of carbonyl (C=O) groups excluding carboxylic acids is 2. The van der Waals surface area contributed by atoms with Gasteiger partial charge in [0, 0.05) is 17.6 Å².